The number of carbonyl (C=O) groups is 1. The highest BCUT2D eigenvalue weighted by atomic mass is 32.1. The van der Waals surface area contributed by atoms with Gasteiger partial charge in [0, 0.05) is 6.42 Å². The van der Waals surface area contributed by atoms with Crippen molar-refractivity contribution in [3.8, 4) is 0 Å². The fourth-order valence-electron chi connectivity index (χ4n) is 2.00. The average Bonchev–Trinajstić information content (AvgIpc) is 2.87. The second-order valence-electron chi connectivity index (χ2n) is 5.47. The number of carboxylic acids is 1. The molecule has 0 spiro atoms. The number of nitrogens with zero attached hydrogens (tertiary/aromatic N) is 2. The summed E-state index contributed by atoms with van der Waals surface area (Å²) in [6, 6.07) is 5.52. The average molecular weight is 323 g/mol. The molecule has 5 nitrogen and oxygen atoms in total. The molecule has 2 rings (SSSR count). The van der Waals surface area contributed by atoms with Crippen LogP contribution in [0.2, 0.25) is 0 Å². The molecule has 0 saturated heterocycles. The number of hydrogen-bond donors (Lipinski definition) is 2. The van der Waals surface area contributed by atoms with Gasteiger partial charge in [-0.2, -0.15) is 0 Å². The molecule has 118 valence electrons. The van der Waals surface area contributed by atoms with Crippen LogP contribution in [0.3, 0.4) is 0 Å². The Morgan fingerprint density at radius 2 is 2.00 bits per heavy atom. The Balaban J connectivity index is 2.01. The molecule has 0 aliphatic carbocycles. The Labute approximate surface area is 132 Å². The SMILES string of the molecule is CC(C)C[C@H](Nc1nnc(Cc2ccc(F)cc2)s1)C(=O)O. The van der Waals surface area contributed by atoms with Crippen molar-refractivity contribution in [1.82, 2.24) is 10.2 Å². The van der Waals surface area contributed by atoms with Gasteiger partial charge in [0.1, 0.15) is 16.9 Å². The van der Waals surface area contributed by atoms with Crippen molar-refractivity contribution in [3.05, 3.63) is 40.7 Å². The van der Waals surface area contributed by atoms with Gasteiger partial charge in [-0.25, -0.2) is 9.18 Å². The summed E-state index contributed by atoms with van der Waals surface area (Å²) in [6.07, 6.45) is 1.06. The maximum Gasteiger partial charge on any atom is 0.326 e. The van der Waals surface area contributed by atoms with E-state index in [2.05, 4.69) is 15.5 Å². The Kier molecular flexibility index (Phi) is 5.43. The number of nitrogens with one attached hydrogen (secondary N) is 1. The van der Waals surface area contributed by atoms with Crippen LogP contribution < -0.4 is 5.32 Å². The lowest BCUT2D eigenvalue weighted by Gasteiger charge is -2.14. The van der Waals surface area contributed by atoms with E-state index in [9.17, 15) is 14.3 Å². The highest BCUT2D eigenvalue weighted by molar-refractivity contribution is 7.15. The third-order valence-corrected chi connectivity index (χ3v) is 3.89. The van der Waals surface area contributed by atoms with Gasteiger partial charge in [-0.3, -0.25) is 0 Å². The Hall–Kier alpha value is -2.02. The van der Waals surface area contributed by atoms with Crippen LogP contribution >= 0.6 is 11.3 Å². The molecule has 0 fully saturated rings. The highest BCUT2D eigenvalue weighted by Gasteiger charge is 2.20. The zero-order valence-electron chi connectivity index (χ0n) is 12.4. The molecule has 22 heavy (non-hydrogen) atoms. The van der Waals surface area contributed by atoms with Gasteiger partial charge in [0.15, 0.2) is 0 Å². The minimum absolute atomic E-state index is 0.264. The fourth-order valence-corrected chi connectivity index (χ4v) is 2.83. The molecule has 1 atom stereocenters. The summed E-state index contributed by atoms with van der Waals surface area (Å²) in [5.74, 6) is -0.912. The third kappa shape index (κ3) is 4.77. The van der Waals surface area contributed by atoms with Crippen molar-refractivity contribution >= 4 is 22.4 Å². The second kappa shape index (κ2) is 7.31. The number of anilines is 1. The van der Waals surface area contributed by atoms with E-state index in [1.807, 2.05) is 13.8 Å². The number of hydrogen-bond acceptors (Lipinski definition) is 5. The van der Waals surface area contributed by atoms with E-state index < -0.39 is 12.0 Å². The number of aromatic nitrogens is 2. The third-order valence-electron chi connectivity index (χ3n) is 3.04. The van der Waals surface area contributed by atoms with Gasteiger partial charge in [0.25, 0.3) is 0 Å². The van der Waals surface area contributed by atoms with Crippen LogP contribution in [0.1, 0.15) is 30.8 Å². The van der Waals surface area contributed by atoms with E-state index in [1.165, 1.54) is 23.5 Å². The molecule has 0 radical (unpaired) electrons. The molecule has 0 saturated carbocycles. The lowest BCUT2D eigenvalue weighted by Crippen LogP contribution is -2.30. The quantitative estimate of drug-likeness (QED) is 0.818. The lowest BCUT2D eigenvalue weighted by molar-refractivity contribution is -0.138. The first-order valence-electron chi connectivity index (χ1n) is 7.00. The fraction of sp³-hybridized carbons (Fsp3) is 0.400. The summed E-state index contributed by atoms with van der Waals surface area (Å²) >= 11 is 1.31. The van der Waals surface area contributed by atoms with Crippen LogP contribution in [-0.2, 0) is 11.2 Å². The Morgan fingerprint density at radius 3 is 2.59 bits per heavy atom. The topological polar surface area (TPSA) is 75.1 Å². The van der Waals surface area contributed by atoms with Crippen molar-refractivity contribution in [2.75, 3.05) is 5.32 Å². The minimum Gasteiger partial charge on any atom is -0.480 e. The normalized spacial score (nSPS) is 12.4. The summed E-state index contributed by atoms with van der Waals surface area (Å²) in [7, 11) is 0. The predicted octanol–water partition coefficient (Wildman–Crippen LogP) is 3.18. The molecular weight excluding hydrogens is 305 g/mol. The summed E-state index contributed by atoms with van der Waals surface area (Å²) < 4.78 is 12.9. The minimum atomic E-state index is -0.899. The Morgan fingerprint density at radius 1 is 1.32 bits per heavy atom. The van der Waals surface area contributed by atoms with E-state index in [1.54, 1.807) is 12.1 Å². The number of rotatable bonds is 7. The van der Waals surface area contributed by atoms with E-state index >= 15 is 0 Å². The van der Waals surface area contributed by atoms with Crippen LogP contribution in [0.5, 0.6) is 0 Å². The van der Waals surface area contributed by atoms with Crippen molar-refractivity contribution < 1.29 is 14.3 Å². The largest absolute Gasteiger partial charge is 0.480 e. The van der Waals surface area contributed by atoms with Gasteiger partial charge in [0.05, 0.1) is 0 Å². The second-order valence-corrected chi connectivity index (χ2v) is 6.53. The first kappa shape index (κ1) is 16.4. The lowest BCUT2D eigenvalue weighted by atomic mass is 10.0. The van der Waals surface area contributed by atoms with Crippen molar-refractivity contribution in [2.45, 2.75) is 32.7 Å². The van der Waals surface area contributed by atoms with Gasteiger partial charge in [-0.15, -0.1) is 10.2 Å². The van der Waals surface area contributed by atoms with Gasteiger partial charge < -0.3 is 10.4 Å². The number of benzene rings is 1. The van der Waals surface area contributed by atoms with Crippen LogP contribution in [-0.4, -0.2) is 27.3 Å². The number of halogens is 1. The van der Waals surface area contributed by atoms with Crippen LogP contribution in [0.25, 0.3) is 0 Å². The van der Waals surface area contributed by atoms with Crippen LogP contribution in [0.4, 0.5) is 9.52 Å². The molecule has 0 amide bonds. The first-order valence-corrected chi connectivity index (χ1v) is 7.82. The van der Waals surface area contributed by atoms with Gasteiger partial charge in [0.2, 0.25) is 5.13 Å². The molecular formula is C15H18FN3O2S. The maximum absolute atomic E-state index is 12.9. The molecule has 1 aromatic heterocycles. The van der Waals surface area contributed by atoms with E-state index in [-0.39, 0.29) is 11.7 Å². The highest BCUT2D eigenvalue weighted by Crippen LogP contribution is 2.21. The standard InChI is InChI=1S/C15H18FN3O2S/c1-9(2)7-12(14(20)21)17-15-19-18-13(22-15)8-10-3-5-11(16)6-4-10/h3-6,9,12H,7-8H2,1-2H3,(H,17,19)(H,20,21)/t12-/m0/s1. The van der Waals surface area contributed by atoms with Crippen molar-refractivity contribution in [1.29, 1.82) is 0 Å². The molecule has 7 heteroatoms. The molecule has 0 bridgehead atoms. The van der Waals surface area contributed by atoms with Crippen LogP contribution in [0.15, 0.2) is 24.3 Å². The smallest absolute Gasteiger partial charge is 0.326 e. The van der Waals surface area contributed by atoms with Crippen molar-refractivity contribution in [2.24, 2.45) is 5.92 Å². The predicted molar refractivity (Wildman–Crippen MR) is 83.6 cm³/mol. The maximum atomic E-state index is 12.9. The molecule has 2 N–H and O–H groups in total. The summed E-state index contributed by atoms with van der Waals surface area (Å²) in [5.41, 5.74) is 0.932. The zero-order valence-corrected chi connectivity index (χ0v) is 13.2. The summed E-state index contributed by atoms with van der Waals surface area (Å²) in [4.78, 5) is 11.2. The molecule has 0 aliphatic heterocycles. The number of aliphatic carboxylic acids is 1. The van der Waals surface area contributed by atoms with E-state index in [0.717, 1.165) is 10.6 Å². The first-order chi connectivity index (χ1) is 10.4. The summed E-state index contributed by atoms with van der Waals surface area (Å²) in [5, 5.41) is 21.4. The van der Waals surface area contributed by atoms with Gasteiger partial charge >= 0.3 is 5.97 Å². The molecule has 0 aliphatic rings. The van der Waals surface area contributed by atoms with Crippen LogP contribution in [0, 0.1) is 11.7 Å². The van der Waals surface area contributed by atoms with E-state index in [4.69, 9.17) is 0 Å². The molecule has 1 aromatic carbocycles. The summed E-state index contributed by atoms with van der Waals surface area (Å²) in [6.45, 7) is 3.94. The Bertz CT molecular complexity index is 628. The zero-order chi connectivity index (χ0) is 16.1. The van der Waals surface area contributed by atoms with E-state index in [0.29, 0.717) is 18.0 Å². The monoisotopic (exact) mass is 323 g/mol. The van der Waals surface area contributed by atoms with Crippen molar-refractivity contribution in [3.63, 3.8) is 0 Å². The molecule has 0 unspecified atom stereocenters. The van der Waals surface area contributed by atoms with Gasteiger partial charge in [-0.05, 0) is 30.0 Å². The number of carboxylic acid groups (broad SMARTS) is 1. The molecule has 2 aromatic rings. The molecule has 1 heterocycles. The van der Waals surface area contributed by atoms with Gasteiger partial charge in [-0.1, -0.05) is 37.3 Å².